The molecule has 1 aromatic heterocycles. The monoisotopic (exact) mass is 189 g/mol. The number of aryl methyl sites for hydroxylation is 2. The van der Waals surface area contributed by atoms with Gasteiger partial charge in [-0.25, -0.2) is 0 Å². The van der Waals surface area contributed by atoms with Crippen molar-refractivity contribution in [3.63, 3.8) is 0 Å². The van der Waals surface area contributed by atoms with E-state index in [0.29, 0.717) is 0 Å². The van der Waals surface area contributed by atoms with Gasteiger partial charge in [0.2, 0.25) is 0 Å². The second-order valence-electron chi connectivity index (χ2n) is 4.17. The first-order chi connectivity index (χ1) is 6.63. The van der Waals surface area contributed by atoms with Gasteiger partial charge in [-0.3, -0.25) is 4.98 Å². The van der Waals surface area contributed by atoms with E-state index in [4.69, 9.17) is 0 Å². The van der Waals surface area contributed by atoms with E-state index in [9.17, 15) is 4.79 Å². The Kier molecular flexibility index (Phi) is 2.14. The van der Waals surface area contributed by atoms with Crippen LogP contribution in [-0.2, 0) is 17.6 Å². The molecule has 2 rings (SSSR count). The SMILES string of the molecule is Cc1nc(C)c2c(c1C)CC(C=O)C2. The summed E-state index contributed by atoms with van der Waals surface area (Å²) in [7, 11) is 0. The van der Waals surface area contributed by atoms with Gasteiger partial charge in [-0.1, -0.05) is 0 Å². The van der Waals surface area contributed by atoms with Crippen LogP contribution in [0, 0.1) is 26.7 Å². The van der Waals surface area contributed by atoms with Gasteiger partial charge in [-0.15, -0.1) is 0 Å². The number of hydrogen-bond acceptors (Lipinski definition) is 2. The molecule has 1 heterocycles. The summed E-state index contributed by atoms with van der Waals surface area (Å²) in [5, 5.41) is 0. The zero-order valence-corrected chi connectivity index (χ0v) is 8.92. The van der Waals surface area contributed by atoms with Crippen molar-refractivity contribution in [2.75, 3.05) is 0 Å². The molecule has 74 valence electrons. The van der Waals surface area contributed by atoms with E-state index in [0.717, 1.165) is 30.5 Å². The highest BCUT2D eigenvalue weighted by Crippen LogP contribution is 2.30. The van der Waals surface area contributed by atoms with Crippen molar-refractivity contribution in [3.05, 3.63) is 28.1 Å². The minimum Gasteiger partial charge on any atom is -0.303 e. The van der Waals surface area contributed by atoms with Crippen LogP contribution in [0.4, 0.5) is 0 Å². The molecule has 0 radical (unpaired) electrons. The maximum absolute atomic E-state index is 10.8. The molecule has 1 aliphatic rings. The molecule has 1 aromatic rings. The Hall–Kier alpha value is -1.18. The third kappa shape index (κ3) is 1.26. The van der Waals surface area contributed by atoms with Crippen molar-refractivity contribution >= 4 is 6.29 Å². The highest BCUT2D eigenvalue weighted by Gasteiger charge is 2.25. The fourth-order valence-electron chi connectivity index (χ4n) is 2.31. The number of aldehydes is 1. The third-order valence-electron chi connectivity index (χ3n) is 3.26. The molecule has 0 N–H and O–H groups in total. The molecule has 1 atom stereocenters. The van der Waals surface area contributed by atoms with E-state index in [1.165, 1.54) is 16.7 Å². The number of pyridine rings is 1. The minimum absolute atomic E-state index is 0.186. The topological polar surface area (TPSA) is 30.0 Å². The fraction of sp³-hybridized carbons (Fsp3) is 0.500. The van der Waals surface area contributed by atoms with Crippen molar-refractivity contribution in [2.45, 2.75) is 33.6 Å². The second-order valence-corrected chi connectivity index (χ2v) is 4.17. The van der Waals surface area contributed by atoms with Crippen LogP contribution in [0.1, 0.15) is 28.1 Å². The number of aromatic nitrogens is 1. The molecule has 2 heteroatoms. The van der Waals surface area contributed by atoms with E-state index in [1.807, 2.05) is 13.8 Å². The van der Waals surface area contributed by atoms with Gasteiger partial charge in [0.1, 0.15) is 6.29 Å². The van der Waals surface area contributed by atoms with E-state index < -0.39 is 0 Å². The molecule has 1 unspecified atom stereocenters. The van der Waals surface area contributed by atoms with Gasteiger partial charge < -0.3 is 4.79 Å². The zero-order chi connectivity index (χ0) is 10.3. The normalized spacial score (nSPS) is 19.5. The van der Waals surface area contributed by atoms with Gasteiger partial charge in [0, 0.05) is 17.3 Å². The van der Waals surface area contributed by atoms with Crippen molar-refractivity contribution < 1.29 is 4.79 Å². The van der Waals surface area contributed by atoms with Gasteiger partial charge in [0.15, 0.2) is 0 Å². The minimum atomic E-state index is 0.186. The molecule has 0 saturated carbocycles. The van der Waals surface area contributed by atoms with E-state index in [2.05, 4.69) is 11.9 Å². The van der Waals surface area contributed by atoms with Crippen LogP contribution in [0.25, 0.3) is 0 Å². The van der Waals surface area contributed by atoms with Crippen molar-refractivity contribution in [1.82, 2.24) is 4.98 Å². The Bertz CT molecular complexity index is 396. The summed E-state index contributed by atoms with van der Waals surface area (Å²) in [6.45, 7) is 6.18. The predicted octanol–water partition coefficient (Wildman–Crippen LogP) is 1.92. The van der Waals surface area contributed by atoms with Crippen LogP contribution >= 0.6 is 0 Å². The number of carbonyl (C=O) groups is 1. The number of fused-ring (bicyclic) bond motifs is 1. The van der Waals surface area contributed by atoms with Crippen LogP contribution in [0.15, 0.2) is 0 Å². The molecule has 14 heavy (non-hydrogen) atoms. The van der Waals surface area contributed by atoms with Crippen LogP contribution in [0.2, 0.25) is 0 Å². The largest absolute Gasteiger partial charge is 0.303 e. The van der Waals surface area contributed by atoms with Crippen molar-refractivity contribution in [3.8, 4) is 0 Å². The molecule has 1 aliphatic carbocycles. The summed E-state index contributed by atoms with van der Waals surface area (Å²) in [5.41, 5.74) is 6.16. The van der Waals surface area contributed by atoms with Gasteiger partial charge in [0.05, 0.1) is 0 Å². The maximum atomic E-state index is 10.8. The average molecular weight is 189 g/mol. The average Bonchev–Trinajstić information content (AvgIpc) is 2.58. The first kappa shape index (κ1) is 9.38. The number of carbonyl (C=O) groups excluding carboxylic acids is 1. The molecule has 0 saturated heterocycles. The van der Waals surface area contributed by atoms with Gasteiger partial charge in [-0.05, 0) is 50.3 Å². The molecule has 0 bridgehead atoms. The molecular weight excluding hydrogens is 174 g/mol. The zero-order valence-electron chi connectivity index (χ0n) is 8.92. The highest BCUT2D eigenvalue weighted by molar-refractivity contribution is 5.59. The van der Waals surface area contributed by atoms with Gasteiger partial charge >= 0.3 is 0 Å². The number of nitrogens with zero attached hydrogens (tertiary/aromatic N) is 1. The maximum Gasteiger partial charge on any atom is 0.123 e. The lowest BCUT2D eigenvalue weighted by Gasteiger charge is -2.09. The number of hydrogen-bond donors (Lipinski definition) is 0. The predicted molar refractivity (Wildman–Crippen MR) is 55.4 cm³/mol. The van der Waals surface area contributed by atoms with Gasteiger partial charge in [-0.2, -0.15) is 0 Å². The van der Waals surface area contributed by atoms with E-state index in [1.54, 1.807) is 0 Å². The standard InChI is InChI=1S/C12H15NO/c1-7-8(2)13-9(3)12-5-10(6-14)4-11(7)12/h6,10H,4-5H2,1-3H3. The van der Waals surface area contributed by atoms with E-state index in [-0.39, 0.29) is 5.92 Å². The Morgan fingerprint density at radius 3 is 2.43 bits per heavy atom. The van der Waals surface area contributed by atoms with E-state index >= 15 is 0 Å². The molecule has 0 spiro atoms. The lowest BCUT2D eigenvalue weighted by molar-refractivity contribution is -0.110. The second kappa shape index (κ2) is 3.19. The lowest BCUT2D eigenvalue weighted by atomic mass is 10.0. The molecule has 2 nitrogen and oxygen atoms in total. The van der Waals surface area contributed by atoms with Gasteiger partial charge in [0.25, 0.3) is 0 Å². The van der Waals surface area contributed by atoms with Crippen LogP contribution < -0.4 is 0 Å². The first-order valence-corrected chi connectivity index (χ1v) is 5.04. The molecular formula is C12H15NO. The quantitative estimate of drug-likeness (QED) is 0.632. The Labute approximate surface area is 84.4 Å². The molecule has 0 aromatic carbocycles. The Morgan fingerprint density at radius 2 is 1.79 bits per heavy atom. The molecule has 0 fully saturated rings. The van der Waals surface area contributed by atoms with Crippen molar-refractivity contribution in [2.24, 2.45) is 5.92 Å². The first-order valence-electron chi connectivity index (χ1n) is 5.04. The van der Waals surface area contributed by atoms with Crippen LogP contribution in [0.3, 0.4) is 0 Å². The summed E-state index contributed by atoms with van der Waals surface area (Å²) >= 11 is 0. The summed E-state index contributed by atoms with van der Waals surface area (Å²) in [6.07, 6.45) is 2.88. The lowest BCUT2D eigenvalue weighted by Crippen LogP contribution is -1.99. The van der Waals surface area contributed by atoms with Crippen LogP contribution in [0.5, 0.6) is 0 Å². The smallest absolute Gasteiger partial charge is 0.123 e. The molecule has 0 aliphatic heterocycles. The van der Waals surface area contributed by atoms with Crippen molar-refractivity contribution in [1.29, 1.82) is 0 Å². The highest BCUT2D eigenvalue weighted by atomic mass is 16.1. The Morgan fingerprint density at radius 1 is 1.14 bits per heavy atom. The summed E-state index contributed by atoms with van der Waals surface area (Å²) < 4.78 is 0. The fourth-order valence-corrected chi connectivity index (χ4v) is 2.31. The van der Waals surface area contributed by atoms with Crippen LogP contribution in [-0.4, -0.2) is 11.3 Å². The Balaban J connectivity index is 2.55. The third-order valence-corrected chi connectivity index (χ3v) is 3.26. The number of rotatable bonds is 1. The summed E-state index contributed by atoms with van der Waals surface area (Å²) in [6, 6.07) is 0. The summed E-state index contributed by atoms with van der Waals surface area (Å²) in [5.74, 6) is 0.186. The molecule has 0 amide bonds. The summed E-state index contributed by atoms with van der Waals surface area (Å²) in [4.78, 5) is 15.3.